The fourth-order valence-electron chi connectivity index (χ4n) is 6.71. The number of carboxylic acids is 2. The lowest BCUT2D eigenvalue weighted by molar-refractivity contribution is -0.142. The molecule has 0 spiro atoms. The first-order valence-corrected chi connectivity index (χ1v) is 23.3. The molecule has 0 unspecified atom stereocenters. The molecule has 69 heavy (non-hydrogen) atoms. The summed E-state index contributed by atoms with van der Waals surface area (Å²) < 4.78 is 0. The molecule has 0 aliphatic heterocycles. The maximum atomic E-state index is 13.9. The summed E-state index contributed by atoms with van der Waals surface area (Å²) in [6.07, 6.45) is -0.171. The minimum atomic E-state index is -1.81. The van der Waals surface area contributed by atoms with E-state index >= 15 is 0 Å². The minimum Gasteiger partial charge on any atom is -0.481 e. The van der Waals surface area contributed by atoms with Crippen LogP contribution in [0.25, 0.3) is 0 Å². The summed E-state index contributed by atoms with van der Waals surface area (Å²) >= 11 is 4.21. The molecule has 7 amide bonds. The summed E-state index contributed by atoms with van der Waals surface area (Å²) in [6, 6.07) is 6.20. The van der Waals surface area contributed by atoms with Crippen molar-refractivity contribution in [3.8, 4) is 0 Å². The first-order valence-electron chi connectivity index (χ1n) is 22.6. The average Bonchev–Trinajstić information content (AvgIpc) is 3.30. The summed E-state index contributed by atoms with van der Waals surface area (Å²) in [6.45, 7) is 8.66. The molecule has 380 valence electrons. The second-order valence-electron chi connectivity index (χ2n) is 17.1. The molecule has 0 saturated carbocycles. The summed E-state index contributed by atoms with van der Waals surface area (Å²) in [5.41, 5.74) is 18.2. The molecule has 9 atom stereocenters. The number of nitrogens with zero attached hydrogens (tertiary/aromatic N) is 1. The molecule has 0 saturated heterocycles. The number of carboxylic acid groups (broad SMARTS) is 2. The predicted molar refractivity (Wildman–Crippen MR) is 260 cm³/mol. The van der Waals surface area contributed by atoms with Crippen LogP contribution in [0.4, 0.5) is 0 Å². The summed E-state index contributed by atoms with van der Waals surface area (Å²) in [4.78, 5) is 123. The van der Waals surface area contributed by atoms with Gasteiger partial charge in [0.05, 0.1) is 12.5 Å². The highest BCUT2D eigenvalue weighted by atomic mass is 32.1. The topological polar surface area (TPSA) is 369 Å². The van der Waals surface area contributed by atoms with Crippen molar-refractivity contribution in [1.82, 2.24) is 37.2 Å². The number of guanidine groups is 1. The number of aliphatic imine (C=N–C) groups is 1. The van der Waals surface area contributed by atoms with Crippen molar-refractivity contribution < 1.29 is 53.4 Å². The zero-order chi connectivity index (χ0) is 51.8. The van der Waals surface area contributed by atoms with Crippen molar-refractivity contribution in [2.24, 2.45) is 34.0 Å². The zero-order valence-corrected chi connectivity index (χ0v) is 40.5. The number of aliphatic carboxylic acids is 2. The molecule has 2 aromatic carbocycles. The monoisotopic (exact) mass is 983 g/mol. The fraction of sp³-hybridized carbons (Fsp3) is 0.522. The number of thiol groups is 1. The van der Waals surface area contributed by atoms with Crippen LogP contribution >= 0.6 is 12.6 Å². The molecule has 2 aromatic rings. The number of nitrogens with two attached hydrogens (primary N) is 3. The first kappa shape index (κ1) is 58.4. The number of amides is 7. The smallest absolute Gasteiger partial charge is 0.326 e. The Bertz CT molecular complexity index is 2080. The maximum Gasteiger partial charge on any atom is 0.326 e. The third kappa shape index (κ3) is 21.4. The van der Waals surface area contributed by atoms with E-state index in [2.05, 4.69) is 54.8 Å². The molecule has 0 aliphatic rings. The molecule has 23 heteroatoms. The molecule has 0 aliphatic carbocycles. The van der Waals surface area contributed by atoms with Gasteiger partial charge in [0, 0.05) is 25.1 Å². The number of nitrogens with one attached hydrogen (secondary N) is 7. The number of hydrogen-bond acceptors (Lipinski definition) is 12. The average molecular weight is 984 g/mol. The summed E-state index contributed by atoms with van der Waals surface area (Å²) in [5, 5.41) is 37.1. The number of hydrogen-bond donors (Lipinski definition) is 13. The van der Waals surface area contributed by atoms with E-state index in [1.165, 1.54) is 6.92 Å². The van der Waals surface area contributed by atoms with Gasteiger partial charge in [0.15, 0.2) is 5.96 Å². The maximum absolute atomic E-state index is 13.9. The van der Waals surface area contributed by atoms with E-state index < -0.39 is 108 Å². The van der Waals surface area contributed by atoms with Gasteiger partial charge in [-0.3, -0.25) is 43.3 Å². The van der Waals surface area contributed by atoms with Crippen molar-refractivity contribution >= 4 is 71.9 Å². The summed E-state index contributed by atoms with van der Waals surface area (Å²) in [7, 11) is 0. The van der Waals surface area contributed by atoms with Gasteiger partial charge < -0.3 is 64.6 Å². The minimum absolute atomic E-state index is 0.0432. The van der Waals surface area contributed by atoms with Crippen LogP contribution in [0.3, 0.4) is 0 Å². The van der Waals surface area contributed by atoms with E-state index in [1.807, 2.05) is 6.92 Å². The van der Waals surface area contributed by atoms with Gasteiger partial charge in [0.1, 0.15) is 42.3 Å². The Balaban J connectivity index is 2.30. The van der Waals surface area contributed by atoms with Crippen LogP contribution in [0.15, 0.2) is 65.7 Å². The lowest BCUT2D eigenvalue weighted by Gasteiger charge is -2.28. The second-order valence-corrected chi connectivity index (χ2v) is 17.5. The number of carbonyl (C=O) groups excluding carboxylic acids is 7. The number of carbonyl (C=O) groups is 9. The van der Waals surface area contributed by atoms with Gasteiger partial charge in [-0.2, -0.15) is 12.6 Å². The quantitative estimate of drug-likeness (QED) is 0.0190. The molecule has 0 aromatic heterocycles. The van der Waals surface area contributed by atoms with Gasteiger partial charge in [-0.15, -0.1) is 0 Å². The number of rotatable bonds is 30. The fourth-order valence-corrected chi connectivity index (χ4v) is 6.97. The molecule has 2 rings (SSSR count). The SMILES string of the molecule is CC[C@H](C)[C@H](N)C(=O)N[C@@H](CCCN=C(N)N)C(=O)N[C@@H](CC(C)C)C(=O)N[C@@H](CS)C(=O)N[C@@H](CC(=O)O)C(=O)N[C@@H](Cc1ccccc1)C(=O)N[C@@H](C)C(=O)N[C@@H](Cc1ccccc1)C(=O)O. The molecular weight excluding hydrogens is 915 g/mol. The van der Waals surface area contributed by atoms with E-state index in [1.54, 1.807) is 81.4 Å². The molecule has 22 nitrogen and oxygen atoms in total. The van der Waals surface area contributed by atoms with Crippen LogP contribution in [0.5, 0.6) is 0 Å². The van der Waals surface area contributed by atoms with E-state index in [9.17, 15) is 53.4 Å². The van der Waals surface area contributed by atoms with Gasteiger partial charge >= 0.3 is 11.9 Å². The normalized spacial score (nSPS) is 14.9. The third-order valence-corrected chi connectivity index (χ3v) is 11.2. The Kier molecular flexibility index (Phi) is 25.3. The lowest BCUT2D eigenvalue weighted by Crippen LogP contribution is -2.61. The highest BCUT2D eigenvalue weighted by molar-refractivity contribution is 7.80. The third-order valence-electron chi connectivity index (χ3n) is 10.9. The van der Waals surface area contributed by atoms with Crippen molar-refractivity contribution in [3.05, 3.63) is 71.8 Å². The Labute approximate surface area is 407 Å². The molecule has 15 N–H and O–H groups in total. The highest BCUT2D eigenvalue weighted by Gasteiger charge is 2.35. The van der Waals surface area contributed by atoms with Crippen LogP contribution in [0.2, 0.25) is 0 Å². The van der Waals surface area contributed by atoms with Crippen LogP contribution in [0, 0.1) is 11.8 Å². The van der Waals surface area contributed by atoms with Gasteiger partial charge in [0.2, 0.25) is 41.4 Å². The van der Waals surface area contributed by atoms with Crippen LogP contribution in [-0.2, 0) is 56.0 Å². The Morgan fingerprint density at radius 3 is 1.55 bits per heavy atom. The largest absolute Gasteiger partial charge is 0.481 e. The van der Waals surface area contributed by atoms with Crippen molar-refractivity contribution in [2.75, 3.05) is 12.3 Å². The van der Waals surface area contributed by atoms with E-state index in [-0.39, 0.29) is 62.2 Å². The van der Waals surface area contributed by atoms with Crippen molar-refractivity contribution in [3.63, 3.8) is 0 Å². The molecule has 0 heterocycles. The molecule has 0 fully saturated rings. The van der Waals surface area contributed by atoms with E-state index in [0.717, 1.165) is 0 Å². The van der Waals surface area contributed by atoms with Gasteiger partial charge in [-0.1, -0.05) is 94.8 Å². The number of benzene rings is 2. The summed E-state index contributed by atoms with van der Waals surface area (Å²) in [5.74, 6) is -9.75. The van der Waals surface area contributed by atoms with Crippen molar-refractivity contribution in [1.29, 1.82) is 0 Å². The zero-order valence-electron chi connectivity index (χ0n) is 39.6. The lowest BCUT2D eigenvalue weighted by atomic mass is 9.98. The van der Waals surface area contributed by atoms with Gasteiger partial charge in [-0.25, -0.2) is 4.79 Å². The standard InChI is InChI=1S/C46H69N11O11S/c1-6-26(4)37(47)44(66)52-30(18-13-19-50-46(48)49)39(61)53-31(20-25(2)3)41(63)57-35(24-69)43(65)55-33(23-36(58)59)42(64)54-32(21-28-14-9-7-10-15-28)40(62)51-27(5)38(60)56-34(45(67)68)22-29-16-11-8-12-17-29/h7-12,14-17,25-27,30-35,37,69H,6,13,18-24,47H2,1-5H3,(H,51,62)(H,52,66)(H,53,61)(H,54,64)(H,55,65)(H,56,60)(H,57,63)(H,58,59)(H,67,68)(H4,48,49,50)/t26-,27-,30-,31-,32-,33-,34-,35-,37-/m0/s1. The Morgan fingerprint density at radius 1 is 0.594 bits per heavy atom. The Hall–Kier alpha value is -6.75. The van der Waals surface area contributed by atoms with Crippen molar-refractivity contribution in [2.45, 2.75) is 128 Å². The molecule has 0 radical (unpaired) electrons. The second kappa shape index (κ2) is 29.9. The first-order chi connectivity index (χ1) is 32.6. The van der Waals surface area contributed by atoms with Gasteiger partial charge in [0.25, 0.3) is 0 Å². The van der Waals surface area contributed by atoms with E-state index in [4.69, 9.17) is 17.2 Å². The van der Waals surface area contributed by atoms with Gasteiger partial charge in [-0.05, 0) is 49.1 Å². The predicted octanol–water partition coefficient (Wildman–Crippen LogP) is -1.15. The highest BCUT2D eigenvalue weighted by Crippen LogP contribution is 2.12. The molecule has 0 bridgehead atoms. The van der Waals surface area contributed by atoms with Crippen LogP contribution < -0.4 is 54.4 Å². The Morgan fingerprint density at radius 2 is 1.04 bits per heavy atom. The van der Waals surface area contributed by atoms with E-state index in [0.29, 0.717) is 17.5 Å². The van der Waals surface area contributed by atoms with Crippen LogP contribution in [-0.4, -0.2) is 130 Å². The van der Waals surface area contributed by atoms with Crippen LogP contribution in [0.1, 0.15) is 77.8 Å². The molecular formula is C46H69N11O11S.